The molecule has 0 aromatic rings. The summed E-state index contributed by atoms with van der Waals surface area (Å²) < 4.78 is 39.2. The minimum absolute atomic E-state index is 0. The molecular weight excluding hydrogens is 738 g/mol. The van der Waals surface area contributed by atoms with Crippen molar-refractivity contribution in [1.82, 2.24) is 0 Å². The summed E-state index contributed by atoms with van der Waals surface area (Å²) in [5.74, 6) is 0. The molecule has 0 aliphatic rings. The SMILES string of the molecule is CCCCCCCC/C=C\CCCCCCCCOCCOCCOCCOCCOCC(N)OCCOCCCCCCCC/C=C\CCCCCCCC.Cl. The molecule has 0 heterocycles. The van der Waals surface area contributed by atoms with E-state index in [-0.39, 0.29) is 12.4 Å². The molecule has 8 nitrogen and oxygen atoms in total. The van der Waals surface area contributed by atoms with E-state index in [1.807, 2.05) is 0 Å². The molecule has 0 fully saturated rings. The van der Waals surface area contributed by atoms with E-state index < -0.39 is 6.23 Å². The van der Waals surface area contributed by atoms with Gasteiger partial charge in [-0.2, -0.15) is 0 Å². The molecule has 1 atom stereocenters. The first kappa shape index (κ1) is 58.5. The lowest BCUT2D eigenvalue weighted by atomic mass is 10.1. The maximum Gasteiger partial charge on any atom is 0.129 e. The number of rotatable bonds is 50. The molecule has 0 rings (SSSR count). The lowest BCUT2D eigenvalue weighted by molar-refractivity contribution is -0.0492. The Morgan fingerprint density at radius 3 is 0.930 bits per heavy atom. The Bertz CT molecular complexity index is 760. The molecule has 0 aliphatic carbocycles. The van der Waals surface area contributed by atoms with Crippen LogP contribution < -0.4 is 5.73 Å². The van der Waals surface area contributed by atoms with Crippen molar-refractivity contribution in [1.29, 1.82) is 0 Å². The van der Waals surface area contributed by atoms with Crippen LogP contribution in [-0.2, 0) is 33.2 Å². The molecular formula is C48H96ClNO7. The Kier molecular flexibility index (Phi) is 57.0. The first-order chi connectivity index (χ1) is 27.8. The van der Waals surface area contributed by atoms with Gasteiger partial charge in [0.2, 0.25) is 0 Å². The molecule has 1 unspecified atom stereocenters. The second-order valence-electron chi connectivity index (χ2n) is 15.4. The molecule has 0 saturated heterocycles. The van der Waals surface area contributed by atoms with Crippen LogP contribution in [0.4, 0.5) is 0 Å². The topological polar surface area (TPSA) is 90.6 Å². The number of hydrogen-bond acceptors (Lipinski definition) is 8. The van der Waals surface area contributed by atoms with Crippen LogP contribution in [0.15, 0.2) is 24.3 Å². The highest BCUT2D eigenvalue weighted by molar-refractivity contribution is 5.85. The Labute approximate surface area is 360 Å². The van der Waals surface area contributed by atoms with Gasteiger partial charge in [-0.1, -0.05) is 154 Å². The van der Waals surface area contributed by atoms with E-state index in [9.17, 15) is 0 Å². The van der Waals surface area contributed by atoms with Crippen LogP contribution in [0.5, 0.6) is 0 Å². The van der Waals surface area contributed by atoms with Gasteiger partial charge in [-0.15, -0.1) is 12.4 Å². The predicted octanol–water partition coefficient (Wildman–Crippen LogP) is 12.9. The van der Waals surface area contributed by atoms with Crippen molar-refractivity contribution in [2.75, 3.05) is 85.9 Å². The van der Waals surface area contributed by atoms with E-state index in [4.69, 9.17) is 38.9 Å². The number of nitrogens with two attached hydrogens (primary N) is 1. The van der Waals surface area contributed by atoms with Crippen molar-refractivity contribution in [3.8, 4) is 0 Å². The smallest absolute Gasteiger partial charge is 0.129 e. The van der Waals surface area contributed by atoms with Crippen molar-refractivity contribution in [3.63, 3.8) is 0 Å². The predicted molar refractivity (Wildman–Crippen MR) is 245 cm³/mol. The van der Waals surface area contributed by atoms with E-state index >= 15 is 0 Å². The Morgan fingerprint density at radius 2 is 0.579 bits per heavy atom. The van der Waals surface area contributed by atoms with E-state index in [0.29, 0.717) is 72.7 Å². The molecule has 342 valence electrons. The Balaban J connectivity index is 0. The maximum absolute atomic E-state index is 5.98. The summed E-state index contributed by atoms with van der Waals surface area (Å²) >= 11 is 0. The quantitative estimate of drug-likeness (QED) is 0.0368. The summed E-state index contributed by atoms with van der Waals surface area (Å²) in [4.78, 5) is 0. The van der Waals surface area contributed by atoms with Crippen LogP contribution in [0.25, 0.3) is 0 Å². The number of halogens is 1. The zero-order chi connectivity index (χ0) is 40.3. The summed E-state index contributed by atoms with van der Waals surface area (Å²) in [6.07, 6.45) is 46.1. The zero-order valence-electron chi connectivity index (χ0n) is 37.7. The van der Waals surface area contributed by atoms with Gasteiger partial charge in [-0.3, -0.25) is 0 Å². The van der Waals surface area contributed by atoms with E-state index in [0.717, 1.165) is 26.1 Å². The van der Waals surface area contributed by atoms with Crippen LogP contribution in [-0.4, -0.2) is 92.1 Å². The van der Waals surface area contributed by atoms with Gasteiger partial charge in [0.25, 0.3) is 0 Å². The van der Waals surface area contributed by atoms with Crippen molar-refractivity contribution in [2.45, 2.75) is 200 Å². The molecule has 0 aromatic heterocycles. The lowest BCUT2D eigenvalue weighted by Gasteiger charge is -2.13. The fourth-order valence-electron chi connectivity index (χ4n) is 6.39. The molecule has 0 saturated carbocycles. The average molecular weight is 835 g/mol. The van der Waals surface area contributed by atoms with Gasteiger partial charge in [0.15, 0.2) is 0 Å². The number of hydrogen-bond donors (Lipinski definition) is 1. The van der Waals surface area contributed by atoms with Crippen LogP contribution in [0, 0.1) is 0 Å². The van der Waals surface area contributed by atoms with Gasteiger partial charge in [0, 0.05) is 13.2 Å². The first-order valence-corrected chi connectivity index (χ1v) is 23.9. The van der Waals surface area contributed by atoms with Gasteiger partial charge in [0.1, 0.15) is 6.23 Å². The number of ether oxygens (including phenoxy) is 7. The van der Waals surface area contributed by atoms with Crippen molar-refractivity contribution in [3.05, 3.63) is 24.3 Å². The fourth-order valence-corrected chi connectivity index (χ4v) is 6.39. The van der Waals surface area contributed by atoms with Gasteiger partial charge in [-0.05, 0) is 64.2 Å². The summed E-state index contributed by atoms with van der Waals surface area (Å²) in [5.41, 5.74) is 5.98. The standard InChI is InChI=1S/C48H95NO7.ClH/c1-3-5-7-9-11-13-15-17-19-21-23-25-27-29-31-33-35-50-37-38-52-39-40-53-41-42-54-43-44-55-47-48(49)56-46-45-51-36-34-32-30-28-26-24-22-20-18-16-14-12-10-8-6-4-2;/h17-20,48H,3-16,21-47,49H2,1-2H3;1H/b19-17-,20-18-;. The molecule has 0 radical (unpaired) electrons. The molecule has 0 aliphatic heterocycles. The molecule has 9 heteroatoms. The summed E-state index contributed by atoms with van der Waals surface area (Å²) in [6.45, 7) is 12.0. The minimum atomic E-state index is -0.449. The Morgan fingerprint density at radius 1 is 0.316 bits per heavy atom. The van der Waals surface area contributed by atoms with E-state index in [2.05, 4.69) is 38.2 Å². The lowest BCUT2D eigenvalue weighted by Crippen LogP contribution is -2.31. The second-order valence-corrected chi connectivity index (χ2v) is 15.4. The van der Waals surface area contributed by atoms with Crippen molar-refractivity contribution < 1.29 is 33.2 Å². The summed E-state index contributed by atoms with van der Waals surface area (Å²) in [6, 6.07) is 0. The Hall–Kier alpha value is -0.550. The minimum Gasteiger partial charge on any atom is -0.379 e. The van der Waals surface area contributed by atoms with Crippen LogP contribution in [0.1, 0.15) is 194 Å². The first-order valence-electron chi connectivity index (χ1n) is 23.9. The van der Waals surface area contributed by atoms with Crippen molar-refractivity contribution in [2.24, 2.45) is 5.73 Å². The molecule has 2 N–H and O–H groups in total. The maximum atomic E-state index is 5.98. The van der Waals surface area contributed by atoms with Crippen molar-refractivity contribution >= 4 is 12.4 Å². The molecule has 0 aromatic carbocycles. The second kappa shape index (κ2) is 55.5. The normalized spacial score (nSPS) is 12.3. The molecule has 0 bridgehead atoms. The highest BCUT2D eigenvalue weighted by Crippen LogP contribution is 2.12. The molecule has 0 spiro atoms. The van der Waals surface area contributed by atoms with Gasteiger partial charge in [0.05, 0.1) is 72.7 Å². The third-order valence-corrected chi connectivity index (χ3v) is 9.93. The van der Waals surface area contributed by atoms with Gasteiger partial charge >= 0.3 is 0 Å². The van der Waals surface area contributed by atoms with Gasteiger partial charge in [-0.25, -0.2) is 0 Å². The van der Waals surface area contributed by atoms with E-state index in [1.165, 1.54) is 167 Å². The third-order valence-electron chi connectivity index (χ3n) is 9.93. The molecule has 57 heavy (non-hydrogen) atoms. The van der Waals surface area contributed by atoms with Crippen LogP contribution in [0.2, 0.25) is 0 Å². The summed E-state index contributed by atoms with van der Waals surface area (Å²) in [5, 5.41) is 0. The monoisotopic (exact) mass is 834 g/mol. The highest BCUT2D eigenvalue weighted by atomic mass is 35.5. The van der Waals surface area contributed by atoms with Gasteiger partial charge < -0.3 is 38.9 Å². The molecule has 0 amide bonds. The van der Waals surface area contributed by atoms with E-state index in [1.54, 1.807) is 0 Å². The van der Waals surface area contributed by atoms with Crippen LogP contribution in [0.3, 0.4) is 0 Å². The third kappa shape index (κ3) is 55.5. The zero-order valence-corrected chi connectivity index (χ0v) is 38.5. The largest absolute Gasteiger partial charge is 0.379 e. The number of unbranched alkanes of at least 4 members (excludes halogenated alkanes) is 24. The fraction of sp³-hybridized carbons (Fsp3) is 0.917. The highest BCUT2D eigenvalue weighted by Gasteiger charge is 2.03. The van der Waals surface area contributed by atoms with Crippen LogP contribution >= 0.6 is 12.4 Å². The average Bonchev–Trinajstić information content (AvgIpc) is 3.20. The summed E-state index contributed by atoms with van der Waals surface area (Å²) in [7, 11) is 0. The number of allylic oxidation sites excluding steroid dienone is 4.